The molecule has 0 aliphatic heterocycles. The van der Waals surface area contributed by atoms with Gasteiger partial charge in [-0.2, -0.15) is 5.10 Å². The van der Waals surface area contributed by atoms with E-state index in [9.17, 15) is 14.7 Å². The molecule has 1 aliphatic rings. The molecule has 2 N–H and O–H groups in total. The molecule has 7 nitrogen and oxygen atoms in total. The molecule has 1 aromatic heterocycles. The van der Waals surface area contributed by atoms with Crippen molar-refractivity contribution in [2.45, 2.75) is 32.0 Å². The molecule has 2 atom stereocenters. The van der Waals surface area contributed by atoms with Crippen LogP contribution in [0.3, 0.4) is 0 Å². The van der Waals surface area contributed by atoms with Gasteiger partial charge in [0.2, 0.25) is 5.91 Å². The van der Waals surface area contributed by atoms with E-state index < -0.39 is 12.1 Å². The lowest BCUT2D eigenvalue weighted by molar-refractivity contribution is -0.123. The highest BCUT2D eigenvalue weighted by Crippen LogP contribution is 2.31. The van der Waals surface area contributed by atoms with Crippen LogP contribution in [0.15, 0.2) is 59.4 Å². The second-order valence-electron chi connectivity index (χ2n) is 6.67. The second-order valence-corrected chi connectivity index (χ2v) is 6.67. The van der Waals surface area contributed by atoms with E-state index in [1.54, 1.807) is 6.92 Å². The molecule has 0 radical (unpaired) electrons. The summed E-state index contributed by atoms with van der Waals surface area (Å²) in [5.41, 5.74) is 2.27. The number of aromatic nitrogens is 3. The summed E-state index contributed by atoms with van der Waals surface area (Å²) in [6.45, 7) is 1.52. The Balaban J connectivity index is 1.54. The highest BCUT2D eigenvalue weighted by atomic mass is 16.3. The SMILES string of the molecule is Cc1nn(CC(=O)N[C@@H]2c3ccccc3C[C@@H]2O)c(=O)n1-c1ccccc1. The van der Waals surface area contributed by atoms with Crippen molar-refractivity contribution in [1.82, 2.24) is 19.7 Å². The van der Waals surface area contributed by atoms with Gasteiger partial charge in [-0.3, -0.25) is 4.79 Å². The van der Waals surface area contributed by atoms with Crippen LogP contribution in [0.5, 0.6) is 0 Å². The molecule has 1 aliphatic carbocycles. The average molecular weight is 364 g/mol. The molecule has 27 heavy (non-hydrogen) atoms. The maximum atomic E-state index is 12.7. The van der Waals surface area contributed by atoms with Gasteiger partial charge in [-0.25, -0.2) is 14.0 Å². The number of nitrogens with one attached hydrogen (secondary N) is 1. The standard InChI is InChI=1S/C20H20N4O3/c1-13-22-23(20(27)24(13)15-8-3-2-4-9-15)12-18(26)21-19-16-10-6-5-7-14(16)11-17(19)25/h2-10,17,19,25H,11-12H2,1H3,(H,21,26)/t17-,19+/m0/s1. The fourth-order valence-corrected chi connectivity index (χ4v) is 3.60. The third-order valence-corrected chi connectivity index (χ3v) is 4.83. The molecule has 1 amide bonds. The van der Waals surface area contributed by atoms with Gasteiger partial charge in [-0.1, -0.05) is 42.5 Å². The molecule has 1 heterocycles. The molecule has 7 heteroatoms. The lowest BCUT2D eigenvalue weighted by Gasteiger charge is -2.17. The number of carbonyl (C=O) groups excluding carboxylic acids is 1. The van der Waals surface area contributed by atoms with E-state index in [4.69, 9.17) is 0 Å². The molecular formula is C20H20N4O3. The largest absolute Gasteiger partial charge is 0.390 e. The Labute approximate surface area is 155 Å². The summed E-state index contributed by atoms with van der Waals surface area (Å²) in [6, 6.07) is 16.3. The van der Waals surface area contributed by atoms with Gasteiger partial charge in [-0.05, 0) is 30.2 Å². The zero-order valence-corrected chi connectivity index (χ0v) is 14.9. The Morgan fingerprint density at radius 3 is 2.67 bits per heavy atom. The number of nitrogens with zero attached hydrogens (tertiary/aromatic N) is 3. The fourth-order valence-electron chi connectivity index (χ4n) is 3.60. The number of hydrogen-bond donors (Lipinski definition) is 2. The molecule has 0 bridgehead atoms. The molecule has 2 aromatic carbocycles. The van der Waals surface area contributed by atoms with Crippen LogP contribution in [0.2, 0.25) is 0 Å². The summed E-state index contributed by atoms with van der Waals surface area (Å²) in [5, 5.41) is 17.3. The number of hydrogen-bond acceptors (Lipinski definition) is 4. The quantitative estimate of drug-likeness (QED) is 0.726. The van der Waals surface area contributed by atoms with Crippen molar-refractivity contribution >= 4 is 5.91 Å². The van der Waals surface area contributed by atoms with Crippen LogP contribution in [0, 0.1) is 6.92 Å². The molecule has 0 saturated carbocycles. The Hall–Kier alpha value is -3.19. The molecule has 0 fully saturated rings. The summed E-state index contributed by atoms with van der Waals surface area (Å²) in [6.07, 6.45) is -0.172. The van der Waals surface area contributed by atoms with Crippen LogP contribution in [-0.2, 0) is 17.8 Å². The second kappa shape index (κ2) is 6.85. The number of aliphatic hydroxyl groups is 1. The highest BCUT2D eigenvalue weighted by Gasteiger charge is 2.32. The normalized spacial score (nSPS) is 18.3. The Morgan fingerprint density at radius 2 is 1.89 bits per heavy atom. The van der Waals surface area contributed by atoms with Crippen molar-refractivity contribution in [3.05, 3.63) is 82.0 Å². The number of benzene rings is 2. The maximum Gasteiger partial charge on any atom is 0.351 e. The van der Waals surface area contributed by atoms with Gasteiger partial charge in [0.05, 0.1) is 17.8 Å². The summed E-state index contributed by atoms with van der Waals surface area (Å²) in [4.78, 5) is 25.2. The summed E-state index contributed by atoms with van der Waals surface area (Å²) < 4.78 is 2.61. The van der Waals surface area contributed by atoms with E-state index in [1.165, 1.54) is 4.57 Å². The minimum atomic E-state index is -0.674. The Kier molecular flexibility index (Phi) is 4.37. The van der Waals surface area contributed by atoms with Crippen molar-refractivity contribution in [2.75, 3.05) is 0 Å². The average Bonchev–Trinajstić information content (AvgIpc) is 3.12. The predicted molar refractivity (Wildman–Crippen MR) is 99.6 cm³/mol. The summed E-state index contributed by atoms with van der Waals surface area (Å²) in [7, 11) is 0. The van der Waals surface area contributed by atoms with Crippen molar-refractivity contribution < 1.29 is 9.90 Å². The maximum absolute atomic E-state index is 12.7. The van der Waals surface area contributed by atoms with Gasteiger partial charge >= 0.3 is 5.69 Å². The third-order valence-electron chi connectivity index (χ3n) is 4.83. The molecule has 0 spiro atoms. The van der Waals surface area contributed by atoms with Crippen LogP contribution < -0.4 is 11.0 Å². The van der Waals surface area contributed by atoms with Gasteiger partial charge in [0.1, 0.15) is 12.4 Å². The number of aryl methyl sites for hydroxylation is 1. The van der Waals surface area contributed by atoms with Gasteiger partial charge in [0.15, 0.2) is 0 Å². The smallest absolute Gasteiger partial charge is 0.351 e. The summed E-state index contributed by atoms with van der Waals surface area (Å²) in [5.74, 6) is 0.140. The van der Waals surface area contributed by atoms with Crippen LogP contribution in [0.4, 0.5) is 0 Å². The van der Waals surface area contributed by atoms with Crippen molar-refractivity contribution in [2.24, 2.45) is 0 Å². The van der Waals surface area contributed by atoms with Crippen LogP contribution in [-0.4, -0.2) is 31.5 Å². The molecule has 138 valence electrons. The van der Waals surface area contributed by atoms with Crippen molar-refractivity contribution in [3.63, 3.8) is 0 Å². The first kappa shape index (κ1) is 17.2. The van der Waals surface area contributed by atoms with E-state index in [1.807, 2.05) is 54.6 Å². The van der Waals surface area contributed by atoms with E-state index in [2.05, 4.69) is 10.4 Å². The van der Waals surface area contributed by atoms with Crippen LogP contribution in [0.1, 0.15) is 23.0 Å². The lowest BCUT2D eigenvalue weighted by atomic mass is 10.1. The molecule has 3 aromatic rings. The number of carbonyl (C=O) groups is 1. The molecule has 0 saturated heterocycles. The first-order valence-electron chi connectivity index (χ1n) is 8.81. The topological polar surface area (TPSA) is 89.2 Å². The van der Waals surface area contributed by atoms with E-state index in [0.717, 1.165) is 15.8 Å². The lowest BCUT2D eigenvalue weighted by Crippen LogP contribution is -2.38. The van der Waals surface area contributed by atoms with Crippen molar-refractivity contribution in [3.8, 4) is 5.69 Å². The zero-order valence-electron chi connectivity index (χ0n) is 14.9. The van der Waals surface area contributed by atoms with E-state index in [-0.39, 0.29) is 18.1 Å². The van der Waals surface area contributed by atoms with E-state index in [0.29, 0.717) is 17.9 Å². The number of aliphatic hydroxyl groups excluding tert-OH is 1. The minimum Gasteiger partial charge on any atom is -0.390 e. The Morgan fingerprint density at radius 1 is 1.19 bits per heavy atom. The molecular weight excluding hydrogens is 344 g/mol. The first-order chi connectivity index (χ1) is 13.0. The van der Waals surface area contributed by atoms with Crippen molar-refractivity contribution in [1.29, 1.82) is 0 Å². The van der Waals surface area contributed by atoms with Gasteiger partial charge < -0.3 is 10.4 Å². The number of amides is 1. The van der Waals surface area contributed by atoms with Gasteiger partial charge in [-0.15, -0.1) is 0 Å². The van der Waals surface area contributed by atoms with Crippen LogP contribution >= 0.6 is 0 Å². The molecule has 4 rings (SSSR count). The summed E-state index contributed by atoms with van der Waals surface area (Å²) >= 11 is 0. The van der Waals surface area contributed by atoms with E-state index >= 15 is 0 Å². The minimum absolute atomic E-state index is 0.203. The Bertz CT molecular complexity index is 1040. The fraction of sp³-hybridized carbons (Fsp3) is 0.250. The predicted octanol–water partition coefficient (Wildman–Crippen LogP) is 1.12. The molecule has 0 unspecified atom stereocenters. The monoisotopic (exact) mass is 364 g/mol. The zero-order chi connectivity index (χ0) is 19.0. The van der Waals surface area contributed by atoms with Gasteiger partial charge in [0.25, 0.3) is 0 Å². The first-order valence-corrected chi connectivity index (χ1v) is 8.81. The number of fused-ring (bicyclic) bond motifs is 1. The number of rotatable bonds is 4. The highest BCUT2D eigenvalue weighted by molar-refractivity contribution is 5.76. The van der Waals surface area contributed by atoms with Gasteiger partial charge in [0, 0.05) is 6.42 Å². The third kappa shape index (κ3) is 3.17. The van der Waals surface area contributed by atoms with Crippen LogP contribution in [0.25, 0.3) is 5.69 Å². The number of para-hydroxylation sites is 1.